The molecule has 0 radical (unpaired) electrons. The monoisotopic (exact) mass is 383 g/mol. The van der Waals surface area contributed by atoms with Crippen LogP contribution in [0.15, 0.2) is 16.7 Å². The molecule has 1 saturated heterocycles. The number of hydrogen-bond donors (Lipinski definition) is 2. The molecular formula is C21H29N5O2. The van der Waals surface area contributed by atoms with Crippen LogP contribution in [0.3, 0.4) is 0 Å². The highest BCUT2D eigenvalue weighted by molar-refractivity contribution is 5.88. The average molecular weight is 383 g/mol. The molecule has 1 saturated carbocycles. The van der Waals surface area contributed by atoms with Gasteiger partial charge in [0.05, 0.1) is 5.56 Å². The molecule has 28 heavy (non-hydrogen) atoms. The van der Waals surface area contributed by atoms with Crippen molar-refractivity contribution in [3.63, 3.8) is 0 Å². The number of anilines is 1. The molecule has 2 aromatic heterocycles. The molecule has 0 bridgehead atoms. The van der Waals surface area contributed by atoms with Crippen molar-refractivity contribution in [1.29, 1.82) is 0 Å². The fraction of sp³-hybridized carbons (Fsp3) is 0.619. The summed E-state index contributed by atoms with van der Waals surface area (Å²) in [7, 11) is 0. The first-order valence-corrected chi connectivity index (χ1v) is 10.1. The Labute approximate surface area is 165 Å². The lowest BCUT2D eigenvalue weighted by Crippen LogP contribution is -2.32. The topological polar surface area (TPSA) is 92.9 Å². The van der Waals surface area contributed by atoms with Gasteiger partial charge >= 0.3 is 0 Å². The smallest absolute Gasteiger partial charge is 0.251 e. The summed E-state index contributed by atoms with van der Waals surface area (Å²) in [6.07, 6.45) is 7.10. The van der Waals surface area contributed by atoms with Gasteiger partial charge < -0.3 is 15.1 Å². The summed E-state index contributed by atoms with van der Waals surface area (Å²) in [6.45, 7) is 9.16. The van der Waals surface area contributed by atoms with Crippen molar-refractivity contribution < 1.29 is 9.21 Å². The highest BCUT2D eigenvalue weighted by Gasteiger charge is 2.44. The molecule has 2 fully saturated rings. The lowest BCUT2D eigenvalue weighted by Gasteiger charge is -2.35. The van der Waals surface area contributed by atoms with E-state index in [1.165, 1.54) is 12.8 Å². The van der Waals surface area contributed by atoms with E-state index in [0.717, 1.165) is 29.8 Å². The van der Waals surface area contributed by atoms with Crippen LogP contribution < -0.4 is 10.6 Å². The molecule has 2 N–H and O–H groups in total. The van der Waals surface area contributed by atoms with Crippen LogP contribution in [-0.2, 0) is 10.2 Å². The van der Waals surface area contributed by atoms with E-state index in [4.69, 9.17) is 4.42 Å². The minimum Gasteiger partial charge on any atom is -0.419 e. The van der Waals surface area contributed by atoms with E-state index in [0.29, 0.717) is 36.2 Å². The number of aromatic nitrogens is 3. The fourth-order valence-corrected chi connectivity index (χ4v) is 4.16. The van der Waals surface area contributed by atoms with Crippen LogP contribution in [-0.4, -0.2) is 33.7 Å². The van der Waals surface area contributed by atoms with Gasteiger partial charge in [-0.2, -0.15) is 0 Å². The van der Waals surface area contributed by atoms with E-state index in [-0.39, 0.29) is 5.91 Å². The van der Waals surface area contributed by atoms with Crippen molar-refractivity contribution in [3.8, 4) is 11.5 Å². The van der Waals surface area contributed by atoms with Crippen molar-refractivity contribution in [3.05, 3.63) is 23.7 Å². The van der Waals surface area contributed by atoms with Crippen molar-refractivity contribution in [1.82, 2.24) is 20.5 Å². The minimum absolute atomic E-state index is 0.0613. The third-order valence-electron chi connectivity index (χ3n) is 6.36. The number of nitrogens with zero attached hydrogens (tertiary/aromatic N) is 3. The second-order valence-corrected chi connectivity index (χ2v) is 9.18. The van der Waals surface area contributed by atoms with Gasteiger partial charge in [0.1, 0.15) is 11.2 Å². The molecule has 1 aliphatic heterocycles. The van der Waals surface area contributed by atoms with Gasteiger partial charge in [-0.3, -0.25) is 4.79 Å². The summed E-state index contributed by atoms with van der Waals surface area (Å²) in [4.78, 5) is 16.8. The molecule has 1 atom stereocenters. The van der Waals surface area contributed by atoms with Gasteiger partial charge in [0.2, 0.25) is 11.8 Å². The third kappa shape index (κ3) is 3.38. The van der Waals surface area contributed by atoms with Crippen LogP contribution in [0.4, 0.5) is 5.82 Å². The number of carbonyl (C=O) groups is 1. The van der Waals surface area contributed by atoms with Crippen LogP contribution in [0, 0.1) is 12.3 Å². The molecule has 4 rings (SSSR count). The first-order chi connectivity index (χ1) is 13.3. The number of nitrogens with one attached hydrogen (secondary N) is 2. The zero-order chi connectivity index (χ0) is 19.9. The van der Waals surface area contributed by atoms with Crippen molar-refractivity contribution in [2.75, 3.05) is 11.9 Å². The summed E-state index contributed by atoms with van der Waals surface area (Å²) in [5.41, 5.74) is 1.50. The normalized spacial score (nSPS) is 24.9. The molecule has 1 aliphatic carbocycles. The molecule has 1 unspecified atom stereocenters. The second-order valence-electron chi connectivity index (χ2n) is 9.18. The lowest BCUT2D eigenvalue weighted by molar-refractivity contribution is -0.124. The average Bonchev–Trinajstić information content (AvgIpc) is 3.25. The van der Waals surface area contributed by atoms with E-state index in [9.17, 15) is 4.79 Å². The first-order valence-electron chi connectivity index (χ1n) is 10.1. The minimum atomic E-state index is -0.760. The van der Waals surface area contributed by atoms with E-state index in [1.807, 2.05) is 19.9 Å². The Hall–Kier alpha value is -2.44. The summed E-state index contributed by atoms with van der Waals surface area (Å²) in [6, 6.07) is 2.33. The molecule has 2 aliphatic rings. The summed E-state index contributed by atoms with van der Waals surface area (Å²) < 4.78 is 6.01. The Kier molecular flexibility index (Phi) is 4.63. The highest BCUT2D eigenvalue weighted by Crippen LogP contribution is 2.38. The molecule has 150 valence electrons. The van der Waals surface area contributed by atoms with Gasteiger partial charge in [-0.15, -0.1) is 10.2 Å². The maximum absolute atomic E-state index is 12.2. The van der Waals surface area contributed by atoms with Gasteiger partial charge in [0, 0.05) is 18.8 Å². The first kappa shape index (κ1) is 18.9. The summed E-state index contributed by atoms with van der Waals surface area (Å²) in [5.74, 6) is 1.50. The predicted molar refractivity (Wildman–Crippen MR) is 107 cm³/mol. The lowest BCUT2D eigenvalue weighted by atomic mass is 9.75. The number of carbonyl (C=O) groups excluding carboxylic acids is 1. The molecule has 2 aromatic rings. The Morgan fingerprint density at radius 1 is 1.18 bits per heavy atom. The quantitative estimate of drug-likeness (QED) is 0.838. The van der Waals surface area contributed by atoms with E-state index in [2.05, 4.69) is 39.7 Å². The highest BCUT2D eigenvalue weighted by atomic mass is 16.4. The zero-order valence-corrected chi connectivity index (χ0v) is 17.1. The van der Waals surface area contributed by atoms with E-state index >= 15 is 0 Å². The van der Waals surface area contributed by atoms with Gasteiger partial charge in [0.25, 0.3) is 5.89 Å². The number of rotatable bonds is 4. The standard InChI is InChI=1S/C21H29N5O2/c1-13-7-11-22-16(24-14-5-8-20(2,3)9-6-14)15(13)17-25-26-19(28-17)21(4)10-12-23-18(21)27/h7,11,14H,5-6,8-10,12H2,1-4H3,(H,22,24)(H,23,27). The zero-order valence-electron chi connectivity index (χ0n) is 17.1. The van der Waals surface area contributed by atoms with Crippen LogP contribution in [0.2, 0.25) is 0 Å². The maximum Gasteiger partial charge on any atom is 0.251 e. The summed E-state index contributed by atoms with van der Waals surface area (Å²) >= 11 is 0. The Balaban J connectivity index is 1.61. The van der Waals surface area contributed by atoms with Crippen molar-refractivity contribution in [2.24, 2.45) is 5.41 Å². The van der Waals surface area contributed by atoms with Gasteiger partial charge in [-0.25, -0.2) is 4.98 Å². The maximum atomic E-state index is 12.2. The van der Waals surface area contributed by atoms with Crippen LogP contribution in [0.25, 0.3) is 11.5 Å². The molecule has 7 nitrogen and oxygen atoms in total. The fourth-order valence-electron chi connectivity index (χ4n) is 4.16. The molecule has 0 aromatic carbocycles. The van der Waals surface area contributed by atoms with Crippen molar-refractivity contribution in [2.45, 2.75) is 71.3 Å². The van der Waals surface area contributed by atoms with Crippen molar-refractivity contribution >= 4 is 11.7 Å². The SMILES string of the molecule is Cc1ccnc(NC2CCC(C)(C)CC2)c1-c1nnc(C2(C)CCNC2=O)o1. The Morgan fingerprint density at radius 3 is 2.61 bits per heavy atom. The predicted octanol–water partition coefficient (Wildman–Crippen LogP) is 3.60. The molecule has 1 amide bonds. The third-order valence-corrected chi connectivity index (χ3v) is 6.36. The van der Waals surface area contributed by atoms with E-state index < -0.39 is 5.41 Å². The second kappa shape index (κ2) is 6.87. The molecule has 7 heteroatoms. The molecule has 3 heterocycles. The Bertz CT molecular complexity index is 881. The molecule has 0 spiro atoms. The van der Waals surface area contributed by atoms with Crippen LogP contribution in [0.5, 0.6) is 0 Å². The number of amides is 1. The van der Waals surface area contributed by atoms with Crippen LogP contribution >= 0.6 is 0 Å². The number of hydrogen-bond acceptors (Lipinski definition) is 6. The van der Waals surface area contributed by atoms with Gasteiger partial charge in [0.15, 0.2) is 0 Å². The van der Waals surface area contributed by atoms with Gasteiger partial charge in [-0.1, -0.05) is 13.8 Å². The Morgan fingerprint density at radius 2 is 1.93 bits per heavy atom. The number of pyridine rings is 1. The van der Waals surface area contributed by atoms with Gasteiger partial charge in [-0.05, 0) is 63.0 Å². The largest absolute Gasteiger partial charge is 0.419 e. The van der Waals surface area contributed by atoms with E-state index in [1.54, 1.807) is 6.20 Å². The molecular weight excluding hydrogens is 354 g/mol. The summed E-state index contributed by atoms with van der Waals surface area (Å²) in [5, 5.41) is 14.9. The number of aryl methyl sites for hydroxylation is 1. The van der Waals surface area contributed by atoms with Crippen LogP contribution in [0.1, 0.15) is 64.3 Å².